The van der Waals surface area contributed by atoms with Gasteiger partial charge in [-0.15, -0.1) is 0 Å². The number of rotatable bonds is 16. The lowest BCUT2D eigenvalue weighted by molar-refractivity contribution is 0.170. The van der Waals surface area contributed by atoms with E-state index < -0.39 is 0 Å². The first-order chi connectivity index (χ1) is 9.85. The number of hydrogen-bond acceptors (Lipinski definition) is 1. The fraction of sp³-hybridized carbons (Fsp3) is 1.00. The minimum Gasteiger partial charge on any atom is -0.227 e. The van der Waals surface area contributed by atoms with Gasteiger partial charge in [-0.3, -0.25) is 0 Å². The van der Waals surface area contributed by atoms with E-state index in [1.54, 1.807) is 0 Å². The molecule has 0 atom stereocenters. The third-order valence-electron chi connectivity index (χ3n) is 3.85. The summed E-state index contributed by atoms with van der Waals surface area (Å²) < 4.78 is 0. The molecule has 0 aliphatic heterocycles. The van der Waals surface area contributed by atoms with Crippen LogP contribution in [0.3, 0.4) is 0 Å². The predicted octanol–water partition coefficient (Wildman–Crippen LogP) is 5.55. The van der Waals surface area contributed by atoms with Crippen LogP contribution in [0, 0.1) is 0 Å². The summed E-state index contributed by atoms with van der Waals surface area (Å²) in [5.74, 6) is 0. The Hall–Kier alpha value is -0.0800. The van der Waals surface area contributed by atoms with Crippen molar-refractivity contribution in [1.29, 1.82) is 0 Å². The molecule has 121 valence electrons. The van der Waals surface area contributed by atoms with Crippen LogP contribution in [0.25, 0.3) is 0 Å². The Bertz CT molecular complexity index is 159. The average Bonchev–Trinajstić information content (AvgIpc) is 2.47. The van der Waals surface area contributed by atoms with Gasteiger partial charge in [0.25, 0.3) is 0 Å². The van der Waals surface area contributed by atoms with Crippen LogP contribution in [-0.4, -0.2) is 24.6 Å². The Morgan fingerprint density at radius 2 is 1.00 bits per heavy atom. The normalized spacial score (nSPS) is 11.4. The molecule has 1 radical (unpaired) electrons. The van der Waals surface area contributed by atoms with Crippen molar-refractivity contribution in [1.82, 2.24) is 10.4 Å². The summed E-state index contributed by atoms with van der Waals surface area (Å²) in [4.78, 5) is 0. The van der Waals surface area contributed by atoms with E-state index in [0.29, 0.717) is 0 Å². The van der Waals surface area contributed by atoms with Crippen LogP contribution in [0.2, 0.25) is 0 Å². The second kappa shape index (κ2) is 17.0. The summed E-state index contributed by atoms with van der Waals surface area (Å²) >= 11 is 0. The Morgan fingerprint density at radius 1 is 0.550 bits per heavy atom. The van der Waals surface area contributed by atoms with Crippen molar-refractivity contribution < 1.29 is 0 Å². The first kappa shape index (κ1) is 19.9. The van der Waals surface area contributed by atoms with Crippen LogP contribution in [0.15, 0.2) is 0 Å². The van der Waals surface area contributed by atoms with Crippen molar-refractivity contribution >= 4 is 0 Å². The lowest BCUT2D eigenvalue weighted by Crippen LogP contribution is -2.34. The van der Waals surface area contributed by atoms with Crippen molar-refractivity contribution in [3.05, 3.63) is 0 Å². The molecule has 0 spiro atoms. The largest absolute Gasteiger partial charge is 0.227 e. The highest BCUT2D eigenvalue weighted by molar-refractivity contribution is 4.55. The summed E-state index contributed by atoms with van der Waals surface area (Å²) in [7, 11) is 0. The Kier molecular flexibility index (Phi) is 16.9. The van der Waals surface area contributed by atoms with Gasteiger partial charge in [0.1, 0.15) is 0 Å². The van der Waals surface area contributed by atoms with E-state index in [4.69, 9.17) is 5.43 Å². The van der Waals surface area contributed by atoms with Gasteiger partial charge in [0.15, 0.2) is 0 Å². The van der Waals surface area contributed by atoms with E-state index in [-0.39, 0.29) is 0 Å². The van der Waals surface area contributed by atoms with Gasteiger partial charge in [0.2, 0.25) is 0 Å². The van der Waals surface area contributed by atoms with Gasteiger partial charge in [0.05, 0.1) is 0 Å². The topological polar surface area (TPSA) is 17.3 Å². The molecule has 0 fully saturated rings. The monoisotopic (exact) mass is 283 g/mol. The van der Waals surface area contributed by atoms with Crippen LogP contribution in [0.4, 0.5) is 0 Å². The van der Waals surface area contributed by atoms with Crippen molar-refractivity contribution in [2.75, 3.05) is 19.6 Å². The van der Waals surface area contributed by atoms with Gasteiger partial charge in [-0.2, -0.15) is 5.43 Å². The minimum atomic E-state index is 1.04. The Morgan fingerprint density at radius 3 is 1.45 bits per heavy atom. The van der Waals surface area contributed by atoms with Crippen LogP contribution in [0.1, 0.15) is 97.8 Å². The molecule has 2 nitrogen and oxygen atoms in total. The van der Waals surface area contributed by atoms with E-state index in [1.165, 1.54) is 90.1 Å². The van der Waals surface area contributed by atoms with Gasteiger partial charge < -0.3 is 0 Å². The van der Waals surface area contributed by atoms with Crippen molar-refractivity contribution in [3.63, 3.8) is 0 Å². The average molecular weight is 284 g/mol. The SMILES string of the molecule is CCCCCC[N]N(CCCCCC)CCCCCC. The maximum absolute atomic E-state index is 4.82. The molecule has 0 aliphatic carbocycles. The second-order valence-corrected chi connectivity index (χ2v) is 6.00. The standard InChI is InChI=1S/C18H39N2/c1-4-7-10-13-16-19-20(17-14-11-8-5-2)18-15-12-9-6-3/h4-18H2,1-3H3. The molecule has 0 unspecified atom stereocenters. The van der Waals surface area contributed by atoms with Crippen LogP contribution < -0.4 is 5.43 Å². The van der Waals surface area contributed by atoms with E-state index >= 15 is 0 Å². The molecule has 0 saturated carbocycles. The van der Waals surface area contributed by atoms with Crippen LogP contribution >= 0.6 is 0 Å². The van der Waals surface area contributed by atoms with E-state index in [0.717, 1.165) is 6.54 Å². The van der Waals surface area contributed by atoms with E-state index in [2.05, 4.69) is 25.8 Å². The van der Waals surface area contributed by atoms with Crippen molar-refractivity contribution in [2.45, 2.75) is 97.8 Å². The quantitative estimate of drug-likeness (QED) is 0.268. The Labute approximate surface area is 128 Å². The van der Waals surface area contributed by atoms with Crippen molar-refractivity contribution in [3.8, 4) is 0 Å². The summed E-state index contributed by atoms with van der Waals surface area (Å²) in [6.45, 7) is 10.2. The lowest BCUT2D eigenvalue weighted by Gasteiger charge is -2.21. The zero-order valence-electron chi connectivity index (χ0n) is 14.5. The fourth-order valence-electron chi connectivity index (χ4n) is 2.45. The maximum atomic E-state index is 4.82. The highest BCUT2D eigenvalue weighted by Crippen LogP contribution is 2.05. The number of unbranched alkanes of at least 4 members (excludes halogenated alkanes) is 9. The molecule has 20 heavy (non-hydrogen) atoms. The number of nitrogens with zero attached hydrogens (tertiary/aromatic N) is 2. The summed E-state index contributed by atoms with van der Waals surface area (Å²) in [6, 6.07) is 0. The molecule has 2 heteroatoms. The molecule has 0 bridgehead atoms. The molecule has 0 aromatic heterocycles. The molecule has 0 aromatic rings. The minimum absolute atomic E-state index is 1.04. The summed E-state index contributed by atoms with van der Waals surface area (Å²) in [5.41, 5.74) is 4.82. The Balaban J connectivity index is 3.67. The molecule has 0 N–H and O–H groups in total. The molecule has 0 amide bonds. The first-order valence-corrected chi connectivity index (χ1v) is 9.27. The van der Waals surface area contributed by atoms with Gasteiger partial charge in [-0.1, -0.05) is 78.6 Å². The highest BCUT2D eigenvalue weighted by atomic mass is 15.5. The molecule has 0 aromatic carbocycles. The molecular weight excluding hydrogens is 244 g/mol. The van der Waals surface area contributed by atoms with E-state index in [9.17, 15) is 0 Å². The van der Waals surface area contributed by atoms with Crippen LogP contribution in [0.5, 0.6) is 0 Å². The van der Waals surface area contributed by atoms with Gasteiger partial charge >= 0.3 is 0 Å². The first-order valence-electron chi connectivity index (χ1n) is 9.27. The molecule has 0 heterocycles. The van der Waals surface area contributed by atoms with Crippen molar-refractivity contribution in [2.24, 2.45) is 0 Å². The maximum Gasteiger partial charge on any atom is 0.0306 e. The zero-order chi connectivity index (χ0) is 14.9. The van der Waals surface area contributed by atoms with Gasteiger partial charge in [-0.25, -0.2) is 5.01 Å². The number of hydrogen-bond donors (Lipinski definition) is 0. The third-order valence-corrected chi connectivity index (χ3v) is 3.85. The fourth-order valence-corrected chi connectivity index (χ4v) is 2.45. The smallest absolute Gasteiger partial charge is 0.0306 e. The van der Waals surface area contributed by atoms with Gasteiger partial charge in [0, 0.05) is 19.6 Å². The summed E-state index contributed by atoms with van der Waals surface area (Å²) in [5, 5.41) is 2.37. The zero-order valence-corrected chi connectivity index (χ0v) is 14.5. The lowest BCUT2D eigenvalue weighted by atomic mass is 10.2. The summed E-state index contributed by atoms with van der Waals surface area (Å²) in [6.07, 6.45) is 16.1. The molecule has 0 rings (SSSR count). The third kappa shape index (κ3) is 14.3. The second-order valence-electron chi connectivity index (χ2n) is 6.00. The highest BCUT2D eigenvalue weighted by Gasteiger charge is 2.05. The molecule has 0 saturated heterocycles. The molecule has 0 aliphatic rings. The van der Waals surface area contributed by atoms with Crippen LogP contribution in [-0.2, 0) is 0 Å². The van der Waals surface area contributed by atoms with E-state index in [1.807, 2.05) is 0 Å². The predicted molar refractivity (Wildman–Crippen MR) is 91.0 cm³/mol. The molecular formula is C18H39N2. The van der Waals surface area contributed by atoms with Gasteiger partial charge in [-0.05, 0) is 19.3 Å².